The number of hydrogen-bond donors (Lipinski definition) is 1. The van der Waals surface area contributed by atoms with E-state index in [1.165, 1.54) is 18.2 Å². The number of rotatable bonds is 3. The lowest BCUT2D eigenvalue weighted by atomic mass is 10.1. The number of anilines is 1. The molecule has 0 bridgehead atoms. The molecule has 1 aliphatic rings. The minimum absolute atomic E-state index is 0.0422. The van der Waals surface area contributed by atoms with Crippen molar-refractivity contribution in [3.8, 4) is 11.3 Å². The highest BCUT2D eigenvalue weighted by Gasteiger charge is 2.42. The number of nitrogens with zero attached hydrogens (tertiary/aromatic N) is 2. The second-order valence-electron chi connectivity index (χ2n) is 5.37. The number of amides is 3. The van der Waals surface area contributed by atoms with Crippen LogP contribution in [0.3, 0.4) is 0 Å². The largest absolute Gasteiger partial charge is 0.354 e. The summed E-state index contributed by atoms with van der Waals surface area (Å²) in [6.07, 6.45) is 0. The lowest BCUT2D eigenvalue weighted by molar-refractivity contribution is -0.119. The molecular weight excluding hydrogens is 289 g/mol. The van der Waals surface area contributed by atoms with E-state index >= 15 is 0 Å². The predicted molar refractivity (Wildman–Crippen MR) is 76.5 cm³/mol. The maximum absolute atomic E-state index is 13.7. The van der Waals surface area contributed by atoms with Gasteiger partial charge in [0, 0.05) is 6.07 Å². The smallest absolute Gasteiger partial charge is 0.330 e. The number of halogens is 1. The van der Waals surface area contributed by atoms with E-state index in [9.17, 15) is 14.0 Å². The van der Waals surface area contributed by atoms with Crippen LogP contribution in [0.15, 0.2) is 34.9 Å². The number of carbonyl (C=O) groups is 2. The number of hydrogen-bond acceptors (Lipinski definition) is 4. The Morgan fingerprint density at radius 1 is 1.32 bits per heavy atom. The van der Waals surface area contributed by atoms with E-state index in [1.807, 2.05) is 13.8 Å². The molecule has 1 saturated heterocycles. The van der Waals surface area contributed by atoms with Crippen LogP contribution in [0.5, 0.6) is 0 Å². The number of benzene rings is 1. The Morgan fingerprint density at radius 3 is 2.68 bits per heavy atom. The van der Waals surface area contributed by atoms with E-state index in [-0.39, 0.29) is 23.1 Å². The van der Waals surface area contributed by atoms with Crippen molar-refractivity contribution < 1.29 is 18.5 Å². The van der Waals surface area contributed by atoms with Gasteiger partial charge >= 0.3 is 6.03 Å². The van der Waals surface area contributed by atoms with E-state index in [4.69, 9.17) is 4.52 Å². The average molecular weight is 303 g/mol. The van der Waals surface area contributed by atoms with Crippen LogP contribution in [-0.4, -0.2) is 23.1 Å². The van der Waals surface area contributed by atoms with Crippen molar-refractivity contribution in [3.63, 3.8) is 0 Å². The van der Waals surface area contributed by atoms with E-state index in [2.05, 4.69) is 10.5 Å². The fourth-order valence-electron chi connectivity index (χ4n) is 2.33. The molecule has 2 heterocycles. The van der Waals surface area contributed by atoms with Gasteiger partial charge in [-0.3, -0.25) is 4.79 Å². The highest BCUT2D eigenvalue weighted by Crippen LogP contribution is 2.28. The predicted octanol–water partition coefficient (Wildman–Crippen LogP) is 2.56. The minimum atomic E-state index is -0.596. The van der Waals surface area contributed by atoms with Gasteiger partial charge in [-0.15, -0.1) is 0 Å². The summed E-state index contributed by atoms with van der Waals surface area (Å²) in [4.78, 5) is 25.1. The summed E-state index contributed by atoms with van der Waals surface area (Å²) in [7, 11) is 0. The summed E-state index contributed by atoms with van der Waals surface area (Å²) in [6, 6.07) is 6.25. The summed E-state index contributed by atoms with van der Waals surface area (Å²) in [5.41, 5.74) is 0.216. The molecule has 1 aromatic carbocycles. The molecule has 0 saturated carbocycles. The number of nitrogens with one attached hydrogen (secondary N) is 1. The van der Waals surface area contributed by atoms with Crippen LogP contribution in [0.25, 0.3) is 11.3 Å². The first-order chi connectivity index (χ1) is 10.5. The van der Waals surface area contributed by atoms with Crippen LogP contribution >= 0.6 is 0 Å². The summed E-state index contributed by atoms with van der Waals surface area (Å²) in [5.74, 6) is -0.708. The number of urea groups is 1. The molecule has 7 heteroatoms. The van der Waals surface area contributed by atoms with Gasteiger partial charge in [-0.05, 0) is 18.1 Å². The topological polar surface area (TPSA) is 75.4 Å². The molecule has 1 atom stereocenters. The summed E-state index contributed by atoms with van der Waals surface area (Å²) in [6.45, 7) is 3.67. The van der Waals surface area contributed by atoms with E-state index < -0.39 is 23.8 Å². The molecule has 2 aromatic rings. The molecule has 0 spiro atoms. The lowest BCUT2D eigenvalue weighted by Crippen LogP contribution is -2.34. The molecule has 6 nitrogen and oxygen atoms in total. The highest BCUT2D eigenvalue weighted by molar-refractivity contribution is 6.21. The van der Waals surface area contributed by atoms with Crippen molar-refractivity contribution in [2.75, 3.05) is 4.90 Å². The molecule has 3 amide bonds. The van der Waals surface area contributed by atoms with Gasteiger partial charge in [0.25, 0.3) is 5.91 Å². The first kappa shape index (κ1) is 14.2. The Kier molecular flexibility index (Phi) is 3.40. The third kappa shape index (κ3) is 2.24. The molecule has 0 radical (unpaired) electrons. The maximum Gasteiger partial charge on any atom is 0.330 e. The van der Waals surface area contributed by atoms with Crippen LogP contribution in [0.2, 0.25) is 0 Å². The number of carbonyl (C=O) groups excluding carboxylic acids is 2. The second kappa shape index (κ2) is 5.25. The zero-order valence-corrected chi connectivity index (χ0v) is 12.0. The quantitative estimate of drug-likeness (QED) is 0.884. The Hall–Kier alpha value is -2.70. The monoisotopic (exact) mass is 303 g/mol. The molecule has 1 fully saturated rings. The third-order valence-electron chi connectivity index (χ3n) is 3.50. The number of aromatic nitrogens is 1. The van der Waals surface area contributed by atoms with E-state index in [0.29, 0.717) is 0 Å². The normalized spacial score (nSPS) is 18.2. The van der Waals surface area contributed by atoms with E-state index in [0.717, 1.165) is 4.90 Å². The molecule has 1 aromatic heterocycles. The van der Waals surface area contributed by atoms with E-state index in [1.54, 1.807) is 12.1 Å². The summed E-state index contributed by atoms with van der Waals surface area (Å²) in [5, 5.41) is 6.31. The Bertz CT molecular complexity index is 741. The fraction of sp³-hybridized carbons (Fsp3) is 0.267. The van der Waals surface area contributed by atoms with Crippen molar-refractivity contribution in [2.24, 2.45) is 5.92 Å². The SMILES string of the molecule is CC(C)[C@@H]1NC(=O)N(c2cc(-c3ccccc3F)on2)C1=O. The Balaban J connectivity index is 1.93. The van der Waals surface area contributed by atoms with Gasteiger partial charge in [0.05, 0.1) is 5.56 Å². The van der Waals surface area contributed by atoms with Gasteiger partial charge < -0.3 is 9.84 Å². The summed E-state index contributed by atoms with van der Waals surface area (Å²) < 4.78 is 18.8. The molecule has 0 unspecified atom stereocenters. The highest BCUT2D eigenvalue weighted by atomic mass is 19.1. The van der Waals surface area contributed by atoms with Crippen LogP contribution in [0.4, 0.5) is 15.0 Å². The molecule has 114 valence electrons. The van der Waals surface area contributed by atoms with Crippen LogP contribution < -0.4 is 10.2 Å². The van der Waals surface area contributed by atoms with Crippen molar-refractivity contribution >= 4 is 17.8 Å². The lowest BCUT2D eigenvalue weighted by Gasteiger charge is -2.11. The molecular formula is C15H14FN3O3. The van der Waals surface area contributed by atoms with Gasteiger partial charge in [-0.1, -0.05) is 31.1 Å². The molecule has 22 heavy (non-hydrogen) atoms. The molecule has 3 rings (SSSR count). The standard InChI is InChI=1S/C15H14FN3O3/c1-8(2)13-14(20)19(15(21)17-13)12-7-11(22-18-12)9-5-3-4-6-10(9)16/h3-8,13H,1-2H3,(H,17,21)/t13-/m0/s1. The van der Waals surface area contributed by atoms with Crippen molar-refractivity contribution in [2.45, 2.75) is 19.9 Å². The fourth-order valence-corrected chi connectivity index (χ4v) is 2.33. The maximum atomic E-state index is 13.7. The van der Waals surface area contributed by atoms with Gasteiger partial charge in [0.15, 0.2) is 11.6 Å². The number of imide groups is 1. The van der Waals surface area contributed by atoms with Crippen molar-refractivity contribution in [1.82, 2.24) is 10.5 Å². The van der Waals surface area contributed by atoms with Crippen molar-refractivity contribution in [3.05, 3.63) is 36.1 Å². The third-order valence-corrected chi connectivity index (χ3v) is 3.50. The second-order valence-corrected chi connectivity index (χ2v) is 5.37. The molecule has 1 aliphatic heterocycles. The molecule has 1 N–H and O–H groups in total. The van der Waals surface area contributed by atoms with Gasteiger partial charge in [0.1, 0.15) is 11.9 Å². The van der Waals surface area contributed by atoms with Crippen molar-refractivity contribution in [1.29, 1.82) is 0 Å². The molecule has 0 aliphatic carbocycles. The van der Waals surface area contributed by atoms with Gasteiger partial charge in [-0.2, -0.15) is 0 Å². The van der Waals surface area contributed by atoms with Crippen LogP contribution in [-0.2, 0) is 4.79 Å². The summed E-state index contributed by atoms with van der Waals surface area (Å²) >= 11 is 0. The zero-order valence-electron chi connectivity index (χ0n) is 12.0. The van der Waals surface area contributed by atoms with Crippen LogP contribution in [0.1, 0.15) is 13.8 Å². The minimum Gasteiger partial charge on any atom is -0.354 e. The zero-order chi connectivity index (χ0) is 15.9. The van der Waals surface area contributed by atoms with Gasteiger partial charge in [-0.25, -0.2) is 14.1 Å². The van der Waals surface area contributed by atoms with Gasteiger partial charge in [0.2, 0.25) is 0 Å². The average Bonchev–Trinajstić information content (AvgIpc) is 3.04. The first-order valence-corrected chi connectivity index (χ1v) is 6.85. The Morgan fingerprint density at radius 2 is 2.05 bits per heavy atom. The first-order valence-electron chi connectivity index (χ1n) is 6.85. The Labute approximate surface area is 125 Å². The van der Waals surface area contributed by atoms with Crippen LogP contribution in [0, 0.1) is 11.7 Å².